The maximum absolute atomic E-state index is 11.6. The Hall–Kier alpha value is -2.01. The van der Waals surface area contributed by atoms with E-state index in [1.54, 1.807) is 18.2 Å². The SMILES string of the molecule is C=CC(=O)Oc1cc(Cl)cc2c3cc(Cl)ccc3n(CCO)c12. The molecule has 6 heteroatoms. The third-order valence-electron chi connectivity index (χ3n) is 3.55. The Labute approximate surface area is 142 Å². The Balaban J connectivity index is 2.42. The maximum Gasteiger partial charge on any atom is 0.335 e. The minimum Gasteiger partial charge on any atom is -0.421 e. The second kappa shape index (κ2) is 6.24. The molecule has 1 N–H and O–H groups in total. The zero-order chi connectivity index (χ0) is 16.6. The highest BCUT2D eigenvalue weighted by atomic mass is 35.5. The molecular formula is C17H13Cl2NO3. The van der Waals surface area contributed by atoms with E-state index < -0.39 is 5.97 Å². The van der Waals surface area contributed by atoms with Gasteiger partial charge in [0.2, 0.25) is 0 Å². The molecule has 3 rings (SSSR count). The number of aromatic nitrogens is 1. The summed E-state index contributed by atoms with van der Waals surface area (Å²) in [6.07, 6.45) is 1.09. The Bertz CT molecular complexity index is 931. The number of carbonyl (C=O) groups excluding carboxylic acids is 1. The molecule has 0 amide bonds. The quantitative estimate of drug-likeness (QED) is 0.436. The van der Waals surface area contributed by atoms with Crippen LogP contribution in [-0.2, 0) is 11.3 Å². The van der Waals surface area contributed by atoms with Crippen LogP contribution in [0.4, 0.5) is 0 Å². The minimum atomic E-state index is -0.576. The maximum atomic E-state index is 11.6. The molecule has 0 saturated heterocycles. The standard InChI is InChI=1S/C17H13Cl2NO3/c1-2-16(22)23-15-9-11(19)8-13-12-7-10(18)3-4-14(12)20(5-6-21)17(13)15/h2-4,7-9,21H,1,5-6H2. The van der Waals surface area contributed by atoms with Crippen LogP contribution in [0.3, 0.4) is 0 Å². The van der Waals surface area contributed by atoms with Crippen molar-refractivity contribution in [2.75, 3.05) is 6.61 Å². The van der Waals surface area contributed by atoms with Gasteiger partial charge in [0.25, 0.3) is 0 Å². The summed E-state index contributed by atoms with van der Waals surface area (Å²) in [7, 11) is 0. The Kier molecular flexibility index (Phi) is 4.31. The van der Waals surface area contributed by atoms with E-state index in [1.807, 2.05) is 16.7 Å². The lowest BCUT2D eigenvalue weighted by atomic mass is 10.1. The molecule has 118 valence electrons. The third-order valence-corrected chi connectivity index (χ3v) is 4.00. The highest BCUT2D eigenvalue weighted by Crippen LogP contribution is 2.38. The van der Waals surface area contributed by atoms with Crippen LogP contribution in [0.5, 0.6) is 5.75 Å². The second-order valence-electron chi connectivity index (χ2n) is 4.96. The summed E-state index contributed by atoms with van der Waals surface area (Å²) in [5.41, 5.74) is 1.55. The molecule has 1 aromatic heterocycles. The van der Waals surface area contributed by atoms with Crippen molar-refractivity contribution in [1.82, 2.24) is 4.57 Å². The first-order valence-corrected chi connectivity index (χ1v) is 7.67. The van der Waals surface area contributed by atoms with Crippen molar-refractivity contribution in [3.63, 3.8) is 0 Å². The number of rotatable bonds is 4. The highest BCUT2D eigenvalue weighted by Gasteiger charge is 2.17. The fraction of sp³-hybridized carbons (Fsp3) is 0.118. The Morgan fingerprint density at radius 2 is 1.96 bits per heavy atom. The number of esters is 1. The predicted molar refractivity (Wildman–Crippen MR) is 92.4 cm³/mol. The van der Waals surface area contributed by atoms with Crippen LogP contribution in [0.1, 0.15) is 0 Å². The largest absolute Gasteiger partial charge is 0.421 e. The van der Waals surface area contributed by atoms with Gasteiger partial charge in [-0.05, 0) is 24.3 Å². The van der Waals surface area contributed by atoms with Crippen molar-refractivity contribution >= 4 is 51.0 Å². The molecule has 0 radical (unpaired) electrons. The molecule has 0 aliphatic heterocycles. The molecule has 4 nitrogen and oxygen atoms in total. The van der Waals surface area contributed by atoms with Crippen molar-refractivity contribution < 1.29 is 14.6 Å². The number of aliphatic hydroxyl groups is 1. The van der Waals surface area contributed by atoms with Crippen molar-refractivity contribution in [2.24, 2.45) is 0 Å². The average molecular weight is 350 g/mol. The Morgan fingerprint density at radius 1 is 1.22 bits per heavy atom. The van der Waals surface area contributed by atoms with Crippen molar-refractivity contribution in [3.8, 4) is 5.75 Å². The van der Waals surface area contributed by atoms with E-state index in [1.165, 1.54) is 0 Å². The van der Waals surface area contributed by atoms with E-state index in [0.29, 0.717) is 27.9 Å². The van der Waals surface area contributed by atoms with Gasteiger partial charge in [-0.15, -0.1) is 0 Å². The van der Waals surface area contributed by atoms with E-state index in [0.717, 1.165) is 22.4 Å². The van der Waals surface area contributed by atoms with Gasteiger partial charge in [-0.25, -0.2) is 4.79 Å². The number of benzene rings is 2. The minimum absolute atomic E-state index is 0.0566. The zero-order valence-electron chi connectivity index (χ0n) is 12.1. The van der Waals surface area contributed by atoms with Crippen LogP contribution in [0.15, 0.2) is 43.0 Å². The second-order valence-corrected chi connectivity index (χ2v) is 5.83. The van der Waals surface area contributed by atoms with Crippen LogP contribution in [0, 0.1) is 0 Å². The molecule has 0 spiro atoms. The van der Waals surface area contributed by atoms with Crippen molar-refractivity contribution in [2.45, 2.75) is 6.54 Å². The van der Waals surface area contributed by atoms with Gasteiger partial charge in [-0.2, -0.15) is 0 Å². The lowest BCUT2D eigenvalue weighted by Gasteiger charge is -2.09. The molecule has 0 unspecified atom stereocenters. The van der Waals surface area contributed by atoms with Gasteiger partial charge in [-0.1, -0.05) is 29.8 Å². The fourth-order valence-corrected chi connectivity index (χ4v) is 3.08. The number of halogens is 2. The number of hydrogen-bond acceptors (Lipinski definition) is 3. The van der Waals surface area contributed by atoms with Crippen LogP contribution < -0.4 is 4.74 Å². The summed E-state index contributed by atoms with van der Waals surface area (Å²) in [5, 5.41) is 12.1. The topological polar surface area (TPSA) is 51.5 Å². The lowest BCUT2D eigenvalue weighted by molar-refractivity contribution is -0.128. The van der Waals surface area contributed by atoms with Crippen molar-refractivity contribution in [3.05, 3.63) is 53.0 Å². The van der Waals surface area contributed by atoms with Gasteiger partial charge in [0.1, 0.15) is 0 Å². The average Bonchev–Trinajstić information content (AvgIpc) is 2.81. The van der Waals surface area contributed by atoms with Gasteiger partial charge in [-0.3, -0.25) is 0 Å². The van der Waals surface area contributed by atoms with Crippen LogP contribution in [0.25, 0.3) is 21.8 Å². The zero-order valence-corrected chi connectivity index (χ0v) is 13.6. The van der Waals surface area contributed by atoms with E-state index in [-0.39, 0.29) is 6.61 Å². The summed E-state index contributed by atoms with van der Waals surface area (Å²) in [4.78, 5) is 11.6. The first-order valence-electron chi connectivity index (χ1n) is 6.91. The molecule has 0 saturated carbocycles. The number of aliphatic hydroxyl groups excluding tert-OH is 1. The van der Waals surface area contributed by atoms with Crippen LogP contribution in [0.2, 0.25) is 10.0 Å². The monoisotopic (exact) mass is 349 g/mol. The predicted octanol–water partition coefficient (Wildman–Crippen LogP) is 4.19. The molecule has 0 atom stereocenters. The van der Waals surface area contributed by atoms with Gasteiger partial charge >= 0.3 is 5.97 Å². The summed E-state index contributed by atoms with van der Waals surface area (Å²) in [6, 6.07) is 8.81. The first kappa shape index (κ1) is 15.9. The van der Waals surface area contributed by atoms with E-state index >= 15 is 0 Å². The fourth-order valence-electron chi connectivity index (χ4n) is 2.70. The van der Waals surface area contributed by atoms with Gasteiger partial charge in [0.15, 0.2) is 5.75 Å². The van der Waals surface area contributed by atoms with Crippen LogP contribution >= 0.6 is 23.2 Å². The molecule has 23 heavy (non-hydrogen) atoms. The lowest BCUT2D eigenvalue weighted by Crippen LogP contribution is -2.07. The summed E-state index contributed by atoms with van der Waals surface area (Å²) in [5.74, 6) is -0.259. The van der Waals surface area contributed by atoms with Crippen LogP contribution in [-0.4, -0.2) is 22.2 Å². The molecule has 0 aliphatic carbocycles. The van der Waals surface area contributed by atoms with Gasteiger partial charge in [0, 0.05) is 45.0 Å². The molecule has 1 heterocycles. The van der Waals surface area contributed by atoms with E-state index in [4.69, 9.17) is 27.9 Å². The molecule has 0 bridgehead atoms. The molecule has 0 fully saturated rings. The number of fused-ring (bicyclic) bond motifs is 3. The molecular weight excluding hydrogens is 337 g/mol. The Morgan fingerprint density at radius 3 is 2.65 bits per heavy atom. The summed E-state index contributed by atoms with van der Waals surface area (Å²) in [6.45, 7) is 3.69. The molecule has 2 aromatic carbocycles. The van der Waals surface area contributed by atoms with E-state index in [9.17, 15) is 9.90 Å². The summed E-state index contributed by atoms with van der Waals surface area (Å²) < 4.78 is 7.21. The number of carbonyl (C=O) groups is 1. The third kappa shape index (κ3) is 2.81. The number of hydrogen-bond donors (Lipinski definition) is 1. The first-order chi connectivity index (χ1) is 11.0. The summed E-state index contributed by atoms with van der Waals surface area (Å²) >= 11 is 12.3. The molecule has 3 aromatic rings. The van der Waals surface area contributed by atoms with Gasteiger partial charge < -0.3 is 14.4 Å². The van der Waals surface area contributed by atoms with E-state index in [2.05, 4.69) is 6.58 Å². The van der Waals surface area contributed by atoms with Gasteiger partial charge in [0.05, 0.1) is 12.1 Å². The normalized spacial score (nSPS) is 11.1. The molecule has 0 aliphatic rings. The smallest absolute Gasteiger partial charge is 0.335 e. The highest BCUT2D eigenvalue weighted by molar-refractivity contribution is 6.33. The number of ether oxygens (including phenoxy) is 1. The van der Waals surface area contributed by atoms with Crippen molar-refractivity contribution in [1.29, 1.82) is 0 Å². The number of nitrogens with zero attached hydrogens (tertiary/aromatic N) is 1.